The van der Waals surface area contributed by atoms with Crippen molar-refractivity contribution in [1.82, 2.24) is 14.9 Å². The molecule has 0 atom stereocenters. The maximum atomic E-state index is 12.4. The molecule has 0 N–H and O–H groups in total. The van der Waals surface area contributed by atoms with Crippen molar-refractivity contribution in [3.05, 3.63) is 41.6 Å². The average Bonchev–Trinajstić information content (AvgIpc) is 2.74. The molecular formula is C21H26N4O2. The molecule has 0 unspecified atom stereocenters. The van der Waals surface area contributed by atoms with Crippen LogP contribution >= 0.6 is 0 Å². The lowest BCUT2D eigenvalue weighted by molar-refractivity contribution is -0.132. The largest absolute Gasteiger partial charge is 0.378 e. The van der Waals surface area contributed by atoms with Gasteiger partial charge < -0.3 is 14.5 Å². The molecule has 0 radical (unpaired) electrons. The topological polar surface area (TPSA) is 58.6 Å². The lowest BCUT2D eigenvalue weighted by Crippen LogP contribution is -2.41. The van der Waals surface area contributed by atoms with Crippen molar-refractivity contribution < 1.29 is 9.53 Å². The van der Waals surface area contributed by atoms with Gasteiger partial charge in [-0.25, -0.2) is 9.97 Å². The predicted octanol–water partition coefficient (Wildman–Crippen LogP) is 2.67. The van der Waals surface area contributed by atoms with E-state index in [0.29, 0.717) is 26.2 Å². The minimum Gasteiger partial charge on any atom is -0.378 e. The van der Waals surface area contributed by atoms with Crippen LogP contribution in [0.4, 0.5) is 5.82 Å². The molecule has 1 fully saturated rings. The Hall–Kier alpha value is -2.47. The van der Waals surface area contributed by atoms with Crippen LogP contribution < -0.4 is 4.90 Å². The zero-order chi connectivity index (χ0) is 18.6. The smallest absolute Gasteiger partial charge is 0.222 e. The molecule has 142 valence electrons. The number of rotatable bonds is 4. The summed E-state index contributed by atoms with van der Waals surface area (Å²) in [4.78, 5) is 26.5. The Labute approximate surface area is 160 Å². The Morgan fingerprint density at radius 1 is 1.11 bits per heavy atom. The Morgan fingerprint density at radius 2 is 1.89 bits per heavy atom. The first kappa shape index (κ1) is 17.9. The van der Waals surface area contributed by atoms with E-state index in [4.69, 9.17) is 14.7 Å². The third-order valence-corrected chi connectivity index (χ3v) is 5.20. The minimum atomic E-state index is 0.225. The summed E-state index contributed by atoms with van der Waals surface area (Å²) in [6.07, 6.45) is 2.26. The van der Waals surface area contributed by atoms with Gasteiger partial charge in [-0.05, 0) is 6.42 Å². The number of carbonyl (C=O) groups excluding carboxylic acids is 1. The van der Waals surface area contributed by atoms with Crippen molar-refractivity contribution in [2.24, 2.45) is 0 Å². The maximum Gasteiger partial charge on any atom is 0.222 e. The third-order valence-electron chi connectivity index (χ3n) is 5.20. The summed E-state index contributed by atoms with van der Waals surface area (Å²) in [7, 11) is 0. The summed E-state index contributed by atoms with van der Waals surface area (Å²) >= 11 is 0. The van der Waals surface area contributed by atoms with Crippen LogP contribution in [-0.2, 0) is 22.5 Å². The van der Waals surface area contributed by atoms with Crippen molar-refractivity contribution >= 4 is 11.7 Å². The Bertz CT molecular complexity index is 803. The van der Waals surface area contributed by atoms with E-state index in [1.54, 1.807) is 0 Å². The molecule has 0 spiro atoms. The fourth-order valence-corrected chi connectivity index (χ4v) is 3.73. The molecule has 2 aliphatic heterocycles. The van der Waals surface area contributed by atoms with Crippen LogP contribution in [0.5, 0.6) is 0 Å². The van der Waals surface area contributed by atoms with Gasteiger partial charge in [-0.2, -0.15) is 0 Å². The number of anilines is 1. The van der Waals surface area contributed by atoms with Gasteiger partial charge >= 0.3 is 0 Å². The lowest BCUT2D eigenvalue weighted by atomic mass is 10.0. The molecule has 3 heterocycles. The molecule has 1 amide bonds. The van der Waals surface area contributed by atoms with Crippen molar-refractivity contribution in [3.63, 3.8) is 0 Å². The summed E-state index contributed by atoms with van der Waals surface area (Å²) < 4.78 is 5.52. The van der Waals surface area contributed by atoms with Crippen LogP contribution in [0.1, 0.15) is 31.0 Å². The fraction of sp³-hybridized carbons (Fsp3) is 0.476. The number of benzene rings is 1. The molecule has 0 bridgehead atoms. The van der Waals surface area contributed by atoms with Gasteiger partial charge in [0.1, 0.15) is 5.82 Å². The highest BCUT2D eigenvalue weighted by Gasteiger charge is 2.28. The molecule has 1 aromatic carbocycles. The van der Waals surface area contributed by atoms with Gasteiger partial charge in [0.25, 0.3) is 0 Å². The van der Waals surface area contributed by atoms with E-state index >= 15 is 0 Å². The highest BCUT2D eigenvalue weighted by molar-refractivity contribution is 5.77. The van der Waals surface area contributed by atoms with Gasteiger partial charge in [0, 0.05) is 43.6 Å². The number of hydrogen-bond donors (Lipinski definition) is 0. The van der Waals surface area contributed by atoms with Crippen LogP contribution in [0.3, 0.4) is 0 Å². The second-order valence-corrected chi connectivity index (χ2v) is 7.08. The van der Waals surface area contributed by atoms with Crippen LogP contribution in [0.25, 0.3) is 11.4 Å². The van der Waals surface area contributed by atoms with E-state index in [0.717, 1.165) is 60.9 Å². The standard InChI is InChI=1S/C21H26N4O2/c1-2-6-19(26)25-10-9-18-17(15-25)21(24-11-13-27-14-12-24)23-20(22-18)16-7-4-3-5-8-16/h3-5,7-8H,2,6,9-15H2,1H3. The summed E-state index contributed by atoms with van der Waals surface area (Å²) in [6, 6.07) is 10.1. The Kier molecular flexibility index (Phi) is 5.34. The first-order chi connectivity index (χ1) is 13.3. The molecule has 2 aliphatic rings. The second-order valence-electron chi connectivity index (χ2n) is 7.08. The predicted molar refractivity (Wildman–Crippen MR) is 105 cm³/mol. The molecule has 0 saturated carbocycles. The van der Waals surface area contributed by atoms with Gasteiger partial charge in [-0.15, -0.1) is 0 Å². The van der Waals surface area contributed by atoms with Gasteiger partial charge in [-0.1, -0.05) is 37.3 Å². The van der Waals surface area contributed by atoms with Crippen LogP contribution in [-0.4, -0.2) is 53.6 Å². The lowest BCUT2D eigenvalue weighted by Gasteiger charge is -2.34. The summed E-state index contributed by atoms with van der Waals surface area (Å²) in [6.45, 7) is 6.44. The zero-order valence-corrected chi connectivity index (χ0v) is 15.9. The fourth-order valence-electron chi connectivity index (χ4n) is 3.73. The van der Waals surface area contributed by atoms with E-state index in [1.165, 1.54) is 0 Å². The number of hydrogen-bond acceptors (Lipinski definition) is 5. The molecule has 4 rings (SSSR count). The van der Waals surface area contributed by atoms with Crippen molar-refractivity contribution in [3.8, 4) is 11.4 Å². The summed E-state index contributed by atoms with van der Waals surface area (Å²) in [5, 5.41) is 0. The quantitative estimate of drug-likeness (QED) is 0.833. The number of aromatic nitrogens is 2. The van der Waals surface area contributed by atoms with Crippen molar-refractivity contribution in [1.29, 1.82) is 0 Å². The van der Waals surface area contributed by atoms with Gasteiger partial charge in [-0.3, -0.25) is 4.79 Å². The maximum absolute atomic E-state index is 12.4. The SMILES string of the molecule is CCCC(=O)N1CCc2nc(-c3ccccc3)nc(N3CCOCC3)c2C1. The molecular weight excluding hydrogens is 340 g/mol. The zero-order valence-electron chi connectivity index (χ0n) is 15.9. The number of ether oxygens (including phenoxy) is 1. The number of morpholine rings is 1. The normalized spacial score (nSPS) is 16.9. The first-order valence-corrected chi connectivity index (χ1v) is 9.82. The Balaban J connectivity index is 1.73. The van der Waals surface area contributed by atoms with E-state index in [1.807, 2.05) is 42.2 Å². The third kappa shape index (κ3) is 3.81. The van der Waals surface area contributed by atoms with E-state index in [-0.39, 0.29) is 5.91 Å². The number of nitrogens with zero attached hydrogens (tertiary/aromatic N) is 4. The highest BCUT2D eigenvalue weighted by atomic mass is 16.5. The van der Waals surface area contributed by atoms with Gasteiger partial charge in [0.05, 0.1) is 25.5 Å². The first-order valence-electron chi connectivity index (χ1n) is 9.82. The second kappa shape index (κ2) is 8.05. The highest BCUT2D eigenvalue weighted by Crippen LogP contribution is 2.30. The van der Waals surface area contributed by atoms with E-state index in [2.05, 4.69) is 4.90 Å². The van der Waals surface area contributed by atoms with Crippen molar-refractivity contribution in [2.75, 3.05) is 37.7 Å². The van der Waals surface area contributed by atoms with Crippen LogP contribution in [0.15, 0.2) is 30.3 Å². The van der Waals surface area contributed by atoms with Gasteiger partial charge in [0.15, 0.2) is 5.82 Å². The summed E-state index contributed by atoms with van der Waals surface area (Å²) in [5.74, 6) is 1.96. The molecule has 1 saturated heterocycles. The number of fused-ring (bicyclic) bond motifs is 1. The molecule has 6 nitrogen and oxygen atoms in total. The van der Waals surface area contributed by atoms with Crippen LogP contribution in [0.2, 0.25) is 0 Å². The minimum absolute atomic E-state index is 0.225. The average molecular weight is 366 g/mol. The molecule has 0 aliphatic carbocycles. The molecule has 6 heteroatoms. The van der Waals surface area contributed by atoms with E-state index in [9.17, 15) is 4.79 Å². The van der Waals surface area contributed by atoms with Gasteiger partial charge in [0.2, 0.25) is 5.91 Å². The molecule has 1 aromatic heterocycles. The Morgan fingerprint density at radius 3 is 2.63 bits per heavy atom. The van der Waals surface area contributed by atoms with Crippen LogP contribution in [0, 0.1) is 0 Å². The monoisotopic (exact) mass is 366 g/mol. The van der Waals surface area contributed by atoms with Crippen molar-refractivity contribution in [2.45, 2.75) is 32.7 Å². The molecule has 27 heavy (non-hydrogen) atoms. The summed E-state index contributed by atoms with van der Waals surface area (Å²) in [5.41, 5.74) is 3.21. The number of carbonyl (C=O) groups is 1. The molecule has 2 aromatic rings. The number of amides is 1. The van der Waals surface area contributed by atoms with E-state index < -0.39 is 0 Å².